The number of benzene rings is 4. The number of thiol groups is 2. The minimum absolute atomic E-state index is 0. The highest BCUT2D eigenvalue weighted by molar-refractivity contribution is 9.40. The van der Waals surface area contributed by atoms with Crippen LogP contribution in [-0.4, -0.2) is 99.1 Å². The number of likely N-dealkylation sites (N-methyl/N-ethyl adjacent to an activating group) is 2. The Labute approximate surface area is 563 Å². The molecule has 4 aliphatic rings. The lowest BCUT2D eigenvalue weighted by molar-refractivity contribution is -0.112. The third kappa shape index (κ3) is 35.6. The van der Waals surface area contributed by atoms with E-state index in [1.54, 1.807) is 25.7 Å². The van der Waals surface area contributed by atoms with Gasteiger partial charge in [0.25, 0.3) is 0 Å². The molecule has 2 unspecified atom stereocenters. The van der Waals surface area contributed by atoms with E-state index in [9.17, 15) is 19.8 Å². The summed E-state index contributed by atoms with van der Waals surface area (Å²) in [5.41, 5.74) is 4.62. The van der Waals surface area contributed by atoms with Gasteiger partial charge in [-0.25, -0.2) is 0 Å². The fraction of sp³-hybridized carbons (Fsp3) is 0.493. The van der Waals surface area contributed by atoms with Gasteiger partial charge in [0.1, 0.15) is 19.2 Å². The van der Waals surface area contributed by atoms with Crippen LogP contribution in [0.5, 0.6) is 0 Å². The lowest BCUT2D eigenvalue weighted by Gasteiger charge is -2.25. The summed E-state index contributed by atoms with van der Waals surface area (Å²) in [4.78, 5) is 20.0. The van der Waals surface area contributed by atoms with Gasteiger partial charge in [-0.15, -0.1) is 48.5 Å². The van der Waals surface area contributed by atoms with E-state index < -0.39 is 21.7 Å². The van der Waals surface area contributed by atoms with Gasteiger partial charge < -0.3 is 38.1 Å². The van der Waals surface area contributed by atoms with Crippen molar-refractivity contribution in [2.75, 3.05) is 27.3 Å². The summed E-state index contributed by atoms with van der Waals surface area (Å²) in [6.07, 6.45) is 22.6. The van der Waals surface area contributed by atoms with Crippen LogP contribution < -0.4 is 0 Å². The monoisotopic (exact) mass is 1380 g/mol. The van der Waals surface area contributed by atoms with Crippen molar-refractivity contribution in [1.82, 2.24) is 9.13 Å². The number of rotatable bonds is 23. The average molecular weight is 1390 g/mol. The van der Waals surface area contributed by atoms with Gasteiger partial charge in [0, 0.05) is 30.1 Å². The van der Waals surface area contributed by atoms with Crippen molar-refractivity contribution in [3.05, 3.63) is 194 Å². The van der Waals surface area contributed by atoms with E-state index in [0.29, 0.717) is 50.2 Å². The largest absolute Gasteiger partial charge is 0.393 e. The van der Waals surface area contributed by atoms with Crippen LogP contribution in [0.2, 0.25) is 12.1 Å². The number of carbonyl (C=O) groups excluding carboxylic acids is 2. The Morgan fingerprint density at radius 2 is 0.977 bits per heavy atom. The van der Waals surface area contributed by atoms with Crippen LogP contribution >= 0.6 is 84.8 Å². The van der Waals surface area contributed by atoms with Crippen LogP contribution in [0.15, 0.2) is 172 Å². The molecule has 2 aliphatic heterocycles. The Kier molecular flexibility index (Phi) is 53.5. The summed E-state index contributed by atoms with van der Waals surface area (Å²) in [6.45, 7) is 20.7. The summed E-state index contributed by atoms with van der Waals surface area (Å²) in [6, 6.07) is 42.3. The van der Waals surface area contributed by atoms with E-state index in [0.717, 1.165) is 55.0 Å². The fourth-order valence-electron chi connectivity index (χ4n) is 9.61. The van der Waals surface area contributed by atoms with E-state index in [1.165, 1.54) is 82.1 Å². The molecule has 0 bridgehead atoms. The zero-order chi connectivity index (χ0) is 61.9. The topological polar surface area (TPSA) is 118 Å². The molecule has 2 aliphatic carbocycles. The highest BCUT2D eigenvalue weighted by Crippen LogP contribution is 2.46. The minimum atomic E-state index is -2.31. The maximum Gasteiger partial charge on any atom is 0.377 e. The van der Waals surface area contributed by atoms with Crippen LogP contribution in [0.3, 0.4) is 0 Å². The second kappa shape index (κ2) is 53.5. The number of allylic oxidation sites excluding steroid dienone is 2. The van der Waals surface area contributed by atoms with Crippen molar-refractivity contribution in [2.24, 2.45) is 11.8 Å². The summed E-state index contributed by atoms with van der Waals surface area (Å²) in [5, 5.41) is 18.9. The predicted octanol–water partition coefficient (Wildman–Crippen LogP) is 20.0. The molecule has 0 aromatic heterocycles. The maximum atomic E-state index is 10.2. The van der Waals surface area contributed by atoms with Gasteiger partial charge in [0.05, 0.1) is 44.2 Å². The highest BCUT2D eigenvalue weighted by Gasteiger charge is 2.52. The van der Waals surface area contributed by atoms with E-state index >= 15 is 0 Å². The first-order valence-electron chi connectivity index (χ1n) is 28.8. The standard InChI is InChI=1S/2C13H18ClNOSi.C12H16O2.C10H18O.C9H10O2.C7H12O.3CH4.H2S6/c2*1-4-10-17(14)15(3)11(2)13(16-17)12-8-6-5-7-9-12;1-2-6-12(13)10-14-9-11-7-4-3-5-8-11;1-2-6-10(11)9-7-4-3-5-8-9;10-6-7-11-8-9-4-2-1-3-5-9;8-6-7-4-2-1-3-5-7;;;;1-3-5-6-4-2/h2*4-9,11,13H,1,10H2,2-3H3;2-5,7-8,12-13H,1,6,9-10H2;2,9-11H,1,3-8H2;1-6H,7-8H2;6-7H,1-5H2;3*1H4;1-2H/t2*11-,13+,17?;12-;10-;;;;;;/m0000....../s1. The van der Waals surface area contributed by atoms with Crippen LogP contribution in [-0.2, 0) is 41.1 Å². The molecule has 10 nitrogen and oxygen atoms in total. The number of aliphatic hydroxyl groups is 2. The molecular weight excluding hydrogens is 1280 g/mol. The number of ether oxygens (including phenoxy) is 2. The molecule has 2 heterocycles. The first kappa shape index (κ1) is 87.0. The Morgan fingerprint density at radius 1 is 0.598 bits per heavy atom. The number of carbonyl (C=O) groups is 2. The number of hydrogen-bond acceptors (Lipinski definition) is 16. The zero-order valence-corrected chi connectivity index (χ0v) is 58.3. The quantitative estimate of drug-likeness (QED) is 0.0107. The zero-order valence-electron chi connectivity index (χ0n) is 49.7. The molecule has 0 spiro atoms. The van der Waals surface area contributed by atoms with Crippen molar-refractivity contribution in [3.8, 4) is 0 Å². The summed E-state index contributed by atoms with van der Waals surface area (Å²) in [7, 11) is 5.53. The van der Waals surface area contributed by atoms with Gasteiger partial charge >= 0.3 is 15.6 Å². The number of halogens is 2. The van der Waals surface area contributed by atoms with Crippen molar-refractivity contribution in [3.63, 3.8) is 0 Å². The van der Waals surface area contributed by atoms with Gasteiger partial charge in [-0.1, -0.05) is 230 Å². The number of aliphatic hydroxyl groups excluding tert-OH is 2. The lowest BCUT2D eigenvalue weighted by atomic mass is 9.84. The molecule has 4 aromatic carbocycles. The van der Waals surface area contributed by atoms with Crippen molar-refractivity contribution in [1.29, 1.82) is 0 Å². The fourth-order valence-corrected chi connectivity index (χ4v) is 22.5. The molecular formula is C67H106Cl2N2O8S6Si2. The third-order valence-corrected chi connectivity index (χ3v) is 30.4. The number of nitrogens with zero attached hydrogens (tertiary/aromatic N) is 2. The van der Waals surface area contributed by atoms with Crippen molar-refractivity contribution in [2.45, 2.75) is 175 Å². The van der Waals surface area contributed by atoms with E-state index in [4.69, 9.17) is 40.5 Å². The second-order valence-electron chi connectivity index (χ2n) is 20.6. The summed E-state index contributed by atoms with van der Waals surface area (Å²) < 4.78 is 27.1. The molecule has 4 fully saturated rings. The van der Waals surface area contributed by atoms with Crippen LogP contribution in [0, 0.1) is 11.8 Å². The number of aldehydes is 2. The van der Waals surface area contributed by atoms with Gasteiger partial charge in [0.2, 0.25) is 0 Å². The van der Waals surface area contributed by atoms with Crippen LogP contribution in [0.1, 0.15) is 148 Å². The Morgan fingerprint density at radius 3 is 1.32 bits per heavy atom. The number of hydrogen-bond donors (Lipinski definition) is 4. The smallest absolute Gasteiger partial charge is 0.377 e. The molecule has 8 atom stereocenters. The van der Waals surface area contributed by atoms with E-state index in [-0.39, 0.29) is 47.2 Å². The molecule has 20 heteroatoms. The molecule has 2 saturated heterocycles. The van der Waals surface area contributed by atoms with Gasteiger partial charge in [-0.05, 0) is 134 Å². The summed E-state index contributed by atoms with van der Waals surface area (Å²) >= 11 is 21.0. The van der Waals surface area contributed by atoms with Crippen molar-refractivity contribution < 1.29 is 38.1 Å². The second-order valence-corrected chi connectivity index (χ2v) is 37.0. The van der Waals surface area contributed by atoms with Gasteiger partial charge in [-0.3, -0.25) is 9.13 Å². The Hall–Kier alpha value is -2.03. The molecule has 2 saturated carbocycles. The third-order valence-electron chi connectivity index (χ3n) is 14.5. The first-order chi connectivity index (χ1) is 40.6. The normalized spacial score (nSPS) is 22.0. The molecule has 4 aromatic rings. The Balaban J connectivity index is 0. The lowest BCUT2D eigenvalue weighted by Crippen LogP contribution is -2.44. The van der Waals surface area contributed by atoms with Crippen LogP contribution in [0.25, 0.3) is 0 Å². The molecule has 87 heavy (non-hydrogen) atoms. The first-order valence-corrected chi connectivity index (χ1v) is 41.8. The maximum absolute atomic E-state index is 10.2. The predicted molar refractivity (Wildman–Crippen MR) is 396 cm³/mol. The molecule has 490 valence electrons. The SMILES string of the molecule is C.C.C.C=CC[C@H](O)C1CCCCC1.C=CC[C@H](O)COCc1ccccc1.C=CC[Si]1(Cl)O[C@@H](c2ccccc2)[C@H](C)N1C.C=CC[Si]1(Cl)O[C@@H](c2ccccc2)[C@H](C)N1C.O=CC1CCCCC1.O=CCOCc1ccccc1.SSSSSS. The molecule has 8 rings (SSSR count). The van der Waals surface area contributed by atoms with E-state index in [2.05, 4.69) is 111 Å². The highest BCUT2D eigenvalue weighted by atomic mass is 35.6. The van der Waals surface area contributed by atoms with Crippen molar-refractivity contribution >= 4 is 113 Å². The average Bonchev–Trinajstić information content (AvgIpc) is 1.77. The van der Waals surface area contributed by atoms with Gasteiger partial charge in [0.15, 0.2) is 0 Å². The van der Waals surface area contributed by atoms with E-state index in [1.807, 2.05) is 115 Å². The van der Waals surface area contributed by atoms with Crippen LogP contribution in [0.4, 0.5) is 0 Å². The molecule has 0 radical (unpaired) electrons. The van der Waals surface area contributed by atoms with Gasteiger partial charge in [-0.2, -0.15) is 0 Å². The Bertz CT molecular complexity index is 2250. The summed E-state index contributed by atoms with van der Waals surface area (Å²) in [5.74, 6) is 0.963. The molecule has 2 N–H and O–H groups in total. The minimum Gasteiger partial charge on any atom is -0.393 e. The molecule has 0 amide bonds.